The van der Waals surface area contributed by atoms with Gasteiger partial charge in [0.05, 0.1) is 0 Å². The lowest BCUT2D eigenvalue weighted by atomic mass is 9.68. The van der Waals surface area contributed by atoms with Crippen molar-refractivity contribution in [2.45, 2.75) is 84.0 Å². The van der Waals surface area contributed by atoms with Crippen LogP contribution in [0.5, 0.6) is 0 Å². The van der Waals surface area contributed by atoms with Gasteiger partial charge < -0.3 is 0 Å². The molecule has 27 heavy (non-hydrogen) atoms. The maximum Gasteiger partial charge on any atom is 0.159 e. The average Bonchev–Trinajstić information content (AvgIpc) is 2.69. The molecule has 0 aromatic heterocycles. The predicted octanol–water partition coefficient (Wildman–Crippen LogP) is 7.87. The van der Waals surface area contributed by atoms with Crippen molar-refractivity contribution in [3.63, 3.8) is 0 Å². The molecule has 150 valence electrons. The van der Waals surface area contributed by atoms with Crippen molar-refractivity contribution >= 4 is 0 Å². The summed E-state index contributed by atoms with van der Waals surface area (Å²) in [4.78, 5) is 0. The van der Waals surface area contributed by atoms with Crippen LogP contribution < -0.4 is 0 Å². The molecule has 0 unspecified atom stereocenters. The van der Waals surface area contributed by atoms with Crippen LogP contribution >= 0.6 is 0 Å². The predicted molar refractivity (Wildman–Crippen MR) is 110 cm³/mol. The van der Waals surface area contributed by atoms with E-state index in [1.165, 1.54) is 76.3 Å². The molecule has 2 aliphatic carbocycles. The summed E-state index contributed by atoms with van der Waals surface area (Å²) in [6.45, 7) is 2.32. The lowest BCUT2D eigenvalue weighted by Crippen LogP contribution is -2.25. The number of allylic oxidation sites excluding steroid dienone is 2. The number of halogens is 2. The SMILES string of the molecule is CCCC1CCC(C2CCC(C=CCCc3ccc(F)c(F)c3)CC2)CC1. The fraction of sp³-hybridized carbons (Fsp3) is 0.680. The fourth-order valence-electron chi connectivity index (χ4n) is 5.40. The first-order chi connectivity index (χ1) is 13.2. The molecule has 0 bridgehead atoms. The Bertz CT molecular complexity index is 590. The van der Waals surface area contributed by atoms with E-state index in [0.717, 1.165) is 42.1 Å². The summed E-state index contributed by atoms with van der Waals surface area (Å²) in [5.41, 5.74) is 0.876. The average molecular weight is 375 g/mol. The van der Waals surface area contributed by atoms with Crippen molar-refractivity contribution in [3.8, 4) is 0 Å². The van der Waals surface area contributed by atoms with Crippen molar-refractivity contribution < 1.29 is 8.78 Å². The van der Waals surface area contributed by atoms with Gasteiger partial charge in [0.2, 0.25) is 0 Å². The Kier molecular flexibility index (Phi) is 7.91. The second-order valence-electron chi connectivity index (χ2n) is 8.96. The maximum absolute atomic E-state index is 13.2. The molecule has 2 heteroatoms. The first-order valence-electron chi connectivity index (χ1n) is 11.3. The second kappa shape index (κ2) is 10.4. The molecule has 0 amide bonds. The standard InChI is InChI=1S/C25H36F2/c1-2-5-19-8-13-22(14-9-19)23-15-10-20(11-16-23)6-3-4-7-21-12-17-24(26)25(27)18-21/h3,6,12,17-20,22-23H,2,4-5,7-11,13-16H2,1H3. The minimum atomic E-state index is -0.759. The van der Waals surface area contributed by atoms with Gasteiger partial charge in [0.1, 0.15) is 0 Å². The van der Waals surface area contributed by atoms with E-state index >= 15 is 0 Å². The highest BCUT2D eigenvalue weighted by atomic mass is 19.2. The molecule has 0 heterocycles. The van der Waals surface area contributed by atoms with Gasteiger partial charge in [0, 0.05) is 0 Å². The van der Waals surface area contributed by atoms with Crippen LogP contribution in [0.1, 0.15) is 83.1 Å². The molecule has 0 radical (unpaired) electrons. The first-order valence-corrected chi connectivity index (χ1v) is 11.3. The molecule has 2 aliphatic rings. The summed E-state index contributed by atoms with van der Waals surface area (Å²) >= 11 is 0. The van der Waals surface area contributed by atoms with Crippen LogP contribution in [0.25, 0.3) is 0 Å². The molecule has 0 nitrogen and oxygen atoms in total. The van der Waals surface area contributed by atoms with Gasteiger partial charge in [0.25, 0.3) is 0 Å². The molecular weight excluding hydrogens is 338 g/mol. The van der Waals surface area contributed by atoms with Crippen LogP contribution in [0.15, 0.2) is 30.4 Å². The Morgan fingerprint density at radius 3 is 2.19 bits per heavy atom. The molecule has 1 aromatic rings. The van der Waals surface area contributed by atoms with Crippen LogP contribution in [-0.4, -0.2) is 0 Å². The normalized spacial score (nSPS) is 29.3. The minimum Gasteiger partial charge on any atom is -0.204 e. The number of benzene rings is 1. The molecule has 2 saturated carbocycles. The zero-order valence-electron chi connectivity index (χ0n) is 16.9. The largest absolute Gasteiger partial charge is 0.204 e. The zero-order chi connectivity index (χ0) is 19.1. The van der Waals surface area contributed by atoms with Gasteiger partial charge in [0.15, 0.2) is 11.6 Å². The number of rotatable bonds is 7. The number of aryl methyl sites for hydroxylation is 1. The quantitative estimate of drug-likeness (QED) is 0.426. The maximum atomic E-state index is 13.2. The highest BCUT2D eigenvalue weighted by Gasteiger charge is 2.29. The molecular formula is C25H36F2. The second-order valence-corrected chi connectivity index (χ2v) is 8.96. The Morgan fingerprint density at radius 1 is 0.889 bits per heavy atom. The summed E-state index contributed by atoms with van der Waals surface area (Å²) in [5.74, 6) is 2.21. The molecule has 0 atom stereocenters. The smallest absolute Gasteiger partial charge is 0.159 e. The third-order valence-electron chi connectivity index (χ3n) is 7.06. The Morgan fingerprint density at radius 2 is 1.56 bits per heavy atom. The highest BCUT2D eigenvalue weighted by Crippen LogP contribution is 2.42. The molecule has 0 N–H and O–H groups in total. The van der Waals surface area contributed by atoms with Crippen LogP contribution in [0.4, 0.5) is 8.78 Å². The van der Waals surface area contributed by atoms with Gasteiger partial charge in [-0.2, -0.15) is 0 Å². The van der Waals surface area contributed by atoms with E-state index in [-0.39, 0.29) is 0 Å². The summed E-state index contributed by atoms with van der Waals surface area (Å²) in [6.07, 6.45) is 20.5. The van der Waals surface area contributed by atoms with Gasteiger partial charge in [-0.1, -0.05) is 50.8 Å². The van der Waals surface area contributed by atoms with E-state index in [0.29, 0.717) is 0 Å². The minimum absolute atomic E-state index is 0.725. The lowest BCUT2D eigenvalue weighted by Gasteiger charge is -2.37. The van der Waals surface area contributed by atoms with E-state index in [1.807, 2.05) is 0 Å². The molecule has 3 rings (SSSR count). The summed E-state index contributed by atoms with van der Waals surface area (Å²) in [5, 5.41) is 0. The summed E-state index contributed by atoms with van der Waals surface area (Å²) < 4.78 is 26.2. The van der Waals surface area contributed by atoms with Crippen molar-refractivity contribution in [1.29, 1.82) is 0 Å². The molecule has 1 aromatic carbocycles. The molecule has 2 fully saturated rings. The molecule has 0 saturated heterocycles. The Balaban J connectivity index is 1.34. The van der Waals surface area contributed by atoms with E-state index in [1.54, 1.807) is 6.07 Å². The van der Waals surface area contributed by atoms with E-state index in [2.05, 4.69) is 19.1 Å². The molecule has 0 spiro atoms. The molecule has 0 aliphatic heterocycles. The monoisotopic (exact) mass is 374 g/mol. The summed E-state index contributed by atoms with van der Waals surface area (Å²) in [7, 11) is 0. The third kappa shape index (κ3) is 6.16. The van der Waals surface area contributed by atoms with Gasteiger partial charge in [-0.25, -0.2) is 8.78 Å². The topological polar surface area (TPSA) is 0 Å². The van der Waals surface area contributed by atoms with Crippen LogP contribution in [-0.2, 0) is 6.42 Å². The van der Waals surface area contributed by atoms with Gasteiger partial charge in [-0.3, -0.25) is 0 Å². The number of hydrogen-bond acceptors (Lipinski definition) is 0. The van der Waals surface area contributed by atoms with Crippen molar-refractivity contribution in [3.05, 3.63) is 47.5 Å². The van der Waals surface area contributed by atoms with E-state index < -0.39 is 11.6 Å². The fourth-order valence-corrected chi connectivity index (χ4v) is 5.40. The zero-order valence-corrected chi connectivity index (χ0v) is 16.9. The van der Waals surface area contributed by atoms with Crippen LogP contribution in [0.2, 0.25) is 0 Å². The van der Waals surface area contributed by atoms with Crippen molar-refractivity contribution in [2.24, 2.45) is 23.7 Å². The highest BCUT2D eigenvalue weighted by molar-refractivity contribution is 5.18. The Labute approximate surface area is 164 Å². The van der Waals surface area contributed by atoms with Crippen molar-refractivity contribution in [2.75, 3.05) is 0 Å². The van der Waals surface area contributed by atoms with E-state index in [9.17, 15) is 8.78 Å². The third-order valence-corrected chi connectivity index (χ3v) is 7.06. The van der Waals surface area contributed by atoms with Crippen molar-refractivity contribution in [1.82, 2.24) is 0 Å². The van der Waals surface area contributed by atoms with E-state index in [4.69, 9.17) is 0 Å². The van der Waals surface area contributed by atoms with Gasteiger partial charge in [-0.15, -0.1) is 0 Å². The first kappa shape index (κ1) is 20.6. The van der Waals surface area contributed by atoms with Gasteiger partial charge >= 0.3 is 0 Å². The number of hydrogen-bond donors (Lipinski definition) is 0. The lowest BCUT2D eigenvalue weighted by molar-refractivity contribution is 0.152. The van der Waals surface area contributed by atoms with Gasteiger partial charge in [-0.05, 0) is 92.7 Å². The van der Waals surface area contributed by atoms with Crippen LogP contribution in [0.3, 0.4) is 0 Å². The summed E-state index contributed by atoms with van der Waals surface area (Å²) in [6, 6.07) is 4.24. The van der Waals surface area contributed by atoms with Crippen LogP contribution in [0, 0.1) is 35.3 Å². The Hall–Kier alpha value is -1.18.